The molecule has 2 aliphatic rings. The molecule has 0 amide bonds. The van der Waals surface area contributed by atoms with E-state index in [0.29, 0.717) is 13.0 Å². The van der Waals surface area contributed by atoms with Gasteiger partial charge in [-0.25, -0.2) is 0 Å². The summed E-state index contributed by atoms with van der Waals surface area (Å²) in [7, 11) is 0. The van der Waals surface area contributed by atoms with Gasteiger partial charge in [0.05, 0.1) is 28.0 Å². The Labute approximate surface area is 177 Å². The summed E-state index contributed by atoms with van der Waals surface area (Å²) < 4.78 is 0. The van der Waals surface area contributed by atoms with Gasteiger partial charge in [0, 0.05) is 41.5 Å². The van der Waals surface area contributed by atoms with Crippen LogP contribution in [0.3, 0.4) is 0 Å². The monoisotopic (exact) mass is 429 g/mol. The number of benzene rings is 1. The predicted octanol–water partition coefficient (Wildman–Crippen LogP) is 1.86. The molecule has 0 radical (unpaired) electrons. The van der Waals surface area contributed by atoms with E-state index < -0.39 is 34.3 Å². The minimum absolute atomic E-state index is 0.0493. The molecule has 7 nitrogen and oxygen atoms in total. The van der Waals surface area contributed by atoms with E-state index in [1.165, 1.54) is 13.8 Å². The third kappa shape index (κ3) is 3.12. The van der Waals surface area contributed by atoms with Gasteiger partial charge in [0.2, 0.25) is 5.78 Å². The van der Waals surface area contributed by atoms with E-state index in [2.05, 4.69) is 5.32 Å². The van der Waals surface area contributed by atoms with E-state index in [4.69, 9.17) is 0 Å². The number of hydrogen-bond donors (Lipinski definition) is 5. The minimum atomic E-state index is -1.59. The Morgan fingerprint density at radius 2 is 1.63 bits per heavy atom. The van der Waals surface area contributed by atoms with Gasteiger partial charge in [-0.05, 0) is 31.7 Å². The minimum Gasteiger partial charge on any atom is -0.507 e. The zero-order valence-electron chi connectivity index (χ0n) is 16.7. The number of nitrogens with one attached hydrogen (secondary N) is 1. The van der Waals surface area contributed by atoms with E-state index >= 15 is 0 Å². The summed E-state index contributed by atoms with van der Waals surface area (Å²) in [6.07, 6.45) is 1.46. The van der Waals surface area contributed by atoms with Gasteiger partial charge in [-0.15, -0.1) is 11.3 Å². The largest absolute Gasteiger partial charge is 0.507 e. The molecule has 2 aliphatic carbocycles. The number of fused-ring (bicyclic) bond motifs is 2. The topological polar surface area (TPSA) is 127 Å². The molecule has 1 heterocycles. The molecule has 0 saturated heterocycles. The van der Waals surface area contributed by atoms with Crippen molar-refractivity contribution >= 4 is 22.9 Å². The second kappa shape index (κ2) is 6.94. The lowest BCUT2D eigenvalue weighted by atomic mass is 9.69. The fourth-order valence-corrected chi connectivity index (χ4v) is 4.75. The first-order chi connectivity index (χ1) is 14.0. The molecule has 158 valence electrons. The first kappa shape index (κ1) is 20.6. The van der Waals surface area contributed by atoms with Crippen molar-refractivity contribution < 1.29 is 30.0 Å². The maximum atomic E-state index is 13.0. The number of hydrogen-bond acceptors (Lipinski definition) is 8. The van der Waals surface area contributed by atoms with Crippen LogP contribution in [-0.2, 0) is 19.3 Å². The highest BCUT2D eigenvalue weighted by molar-refractivity contribution is 7.09. The molecule has 0 aliphatic heterocycles. The lowest BCUT2D eigenvalue weighted by Gasteiger charge is -2.44. The molecular weight excluding hydrogens is 406 g/mol. The smallest absolute Gasteiger partial charge is 0.213 e. The van der Waals surface area contributed by atoms with Crippen molar-refractivity contribution in [3.63, 3.8) is 0 Å². The number of ketones is 2. The molecule has 5 N–H and O–H groups in total. The number of carbonyl (C=O) groups is 2. The Bertz CT molecular complexity index is 1080. The number of allylic oxidation sites excluding steroid dienone is 2. The van der Waals surface area contributed by atoms with Crippen molar-refractivity contribution in [3.05, 3.63) is 56.4 Å². The van der Waals surface area contributed by atoms with E-state index in [0.717, 1.165) is 11.0 Å². The van der Waals surface area contributed by atoms with Gasteiger partial charge in [0.1, 0.15) is 11.5 Å². The Balaban J connectivity index is 1.71. The number of thiophene rings is 1. The fraction of sp³-hybridized carbons (Fsp3) is 0.364. The van der Waals surface area contributed by atoms with Crippen molar-refractivity contribution in [2.24, 2.45) is 0 Å². The number of carbonyl (C=O) groups excluding carboxylic acids is 2. The molecule has 30 heavy (non-hydrogen) atoms. The van der Waals surface area contributed by atoms with Crippen LogP contribution in [-0.4, -0.2) is 49.7 Å². The van der Waals surface area contributed by atoms with Crippen molar-refractivity contribution in [1.82, 2.24) is 5.32 Å². The highest BCUT2D eigenvalue weighted by Gasteiger charge is 2.49. The molecule has 0 unspecified atom stereocenters. The third-order valence-electron chi connectivity index (χ3n) is 6.12. The maximum Gasteiger partial charge on any atom is 0.213 e. The normalized spacial score (nSPS) is 25.5. The first-order valence-electron chi connectivity index (χ1n) is 9.65. The number of phenolic OH excluding ortho intramolecular Hbond substituents is 2. The van der Waals surface area contributed by atoms with Gasteiger partial charge < -0.3 is 25.7 Å². The number of aliphatic hydroxyl groups is 2. The van der Waals surface area contributed by atoms with Gasteiger partial charge in [-0.2, -0.15) is 0 Å². The zero-order valence-corrected chi connectivity index (χ0v) is 17.5. The van der Waals surface area contributed by atoms with Crippen LogP contribution in [0.15, 0.2) is 29.3 Å². The summed E-state index contributed by atoms with van der Waals surface area (Å²) in [5, 5.41) is 47.7. The highest BCUT2D eigenvalue weighted by Crippen LogP contribution is 2.48. The summed E-state index contributed by atoms with van der Waals surface area (Å²) in [5.74, 6) is -2.06. The van der Waals surface area contributed by atoms with Crippen molar-refractivity contribution in [3.8, 4) is 11.5 Å². The van der Waals surface area contributed by atoms with Crippen LogP contribution in [0.1, 0.15) is 50.6 Å². The van der Waals surface area contributed by atoms with Crippen molar-refractivity contribution in [2.45, 2.75) is 44.3 Å². The maximum absolute atomic E-state index is 13.0. The molecule has 0 bridgehead atoms. The van der Waals surface area contributed by atoms with Gasteiger partial charge in [-0.3, -0.25) is 9.59 Å². The quantitative estimate of drug-likeness (QED) is 0.470. The number of phenols is 2. The van der Waals surface area contributed by atoms with Gasteiger partial charge in [0.15, 0.2) is 5.78 Å². The van der Waals surface area contributed by atoms with Crippen LogP contribution < -0.4 is 5.32 Å². The van der Waals surface area contributed by atoms with Crippen LogP contribution in [0.25, 0.3) is 0 Å². The van der Waals surface area contributed by atoms with Crippen LogP contribution in [0.2, 0.25) is 0 Å². The standard InChI is InChI=1S/C22H23NO6S/c1-21(28)9-12-13(10-22(21,2)29)19(26)17-16(18(12)25)15(24)8-14(20(17)27)23-6-5-11-4-3-7-30-11/h3-4,7-8,23,25-26,28-29H,5-6,9-10H2,1-2H3/t21-,22+/m1/s1. The fourth-order valence-electron chi connectivity index (χ4n) is 4.05. The summed E-state index contributed by atoms with van der Waals surface area (Å²) >= 11 is 1.59. The SMILES string of the molecule is C[C@]1(O)Cc2c(O)c3c(c(O)c2C[C@@]1(C)O)C(=O)C=C(NCCc1cccs1)C3=O. The second-order valence-corrected chi connectivity index (χ2v) is 9.35. The third-order valence-corrected chi connectivity index (χ3v) is 7.06. The zero-order chi connectivity index (χ0) is 21.8. The molecule has 2 atom stereocenters. The molecule has 4 rings (SSSR count). The van der Waals surface area contributed by atoms with Crippen molar-refractivity contribution in [1.29, 1.82) is 0 Å². The Hall–Kier alpha value is -2.68. The van der Waals surface area contributed by atoms with E-state index in [-0.39, 0.29) is 40.8 Å². The van der Waals surface area contributed by atoms with Crippen LogP contribution >= 0.6 is 11.3 Å². The summed E-state index contributed by atoms with van der Waals surface area (Å²) in [6.45, 7) is 3.28. The molecule has 2 aromatic rings. The van der Waals surface area contributed by atoms with Crippen molar-refractivity contribution in [2.75, 3.05) is 6.54 Å². The molecule has 8 heteroatoms. The molecule has 0 saturated carbocycles. The van der Waals surface area contributed by atoms with Gasteiger partial charge in [0.25, 0.3) is 0 Å². The van der Waals surface area contributed by atoms with Gasteiger partial charge in [-0.1, -0.05) is 6.07 Å². The Morgan fingerprint density at radius 1 is 1.03 bits per heavy atom. The second-order valence-electron chi connectivity index (χ2n) is 8.31. The molecule has 1 aromatic heterocycles. The molecule has 0 fully saturated rings. The molecule has 1 aromatic carbocycles. The summed E-state index contributed by atoms with van der Waals surface area (Å²) in [6, 6.07) is 3.90. The average molecular weight is 429 g/mol. The Morgan fingerprint density at radius 3 is 2.20 bits per heavy atom. The lowest BCUT2D eigenvalue weighted by Crippen LogP contribution is -2.55. The van der Waals surface area contributed by atoms with Gasteiger partial charge >= 0.3 is 0 Å². The van der Waals surface area contributed by atoms with E-state index in [9.17, 15) is 30.0 Å². The average Bonchev–Trinajstić information content (AvgIpc) is 3.17. The highest BCUT2D eigenvalue weighted by atomic mass is 32.1. The van der Waals surface area contributed by atoms with E-state index in [1.807, 2.05) is 17.5 Å². The summed E-state index contributed by atoms with van der Waals surface area (Å²) in [5.41, 5.74) is -3.31. The summed E-state index contributed by atoms with van der Waals surface area (Å²) in [4.78, 5) is 26.9. The number of rotatable bonds is 4. The number of Topliss-reactive ketones (excluding diaryl/α,β-unsaturated/α-hetero) is 1. The first-order valence-corrected chi connectivity index (χ1v) is 10.5. The molecule has 0 spiro atoms. The Kier molecular flexibility index (Phi) is 4.76. The number of aromatic hydroxyl groups is 2. The van der Waals surface area contributed by atoms with Crippen LogP contribution in [0.5, 0.6) is 11.5 Å². The predicted molar refractivity (Wildman–Crippen MR) is 111 cm³/mol. The van der Waals surface area contributed by atoms with Crippen LogP contribution in [0, 0.1) is 0 Å². The van der Waals surface area contributed by atoms with Crippen LogP contribution in [0.4, 0.5) is 0 Å². The molecular formula is C22H23NO6S. The lowest BCUT2D eigenvalue weighted by molar-refractivity contribution is -0.135. The van der Waals surface area contributed by atoms with E-state index in [1.54, 1.807) is 11.3 Å².